The topological polar surface area (TPSA) is 113 Å². The van der Waals surface area contributed by atoms with Crippen molar-refractivity contribution in [2.45, 2.75) is 22.4 Å². The lowest BCUT2D eigenvalue weighted by Gasteiger charge is -2.38. The zero-order valence-corrected chi connectivity index (χ0v) is 23.7. The Labute approximate surface area is 240 Å². The number of rotatable bonds is 9. The van der Waals surface area contributed by atoms with Crippen LogP contribution in [0, 0.1) is 0 Å². The second-order valence-electron chi connectivity index (χ2n) is 9.41. The van der Waals surface area contributed by atoms with Crippen molar-refractivity contribution in [3.63, 3.8) is 0 Å². The molecule has 212 valence electrons. The highest BCUT2D eigenvalue weighted by Gasteiger charge is 2.43. The average Bonchev–Trinajstić information content (AvgIpc) is 3.01. The van der Waals surface area contributed by atoms with Crippen LogP contribution in [-0.4, -0.2) is 57.0 Å². The van der Waals surface area contributed by atoms with Gasteiger partial charge in [0.25, 0.3) is 0 Å². The minimum Gasteiger partial charge on any atom is -0.489 e. The molecular weight excluding hydrogens is 562 g/mol. The van der Waals surface area contributed by atoms with Crippen LogP contribution in [0.25, 0.3) is 0 Å². The molecule has 5 rings (SSSR count). The Morgan fingerprint density at radius 1 is 0.707 bits per heavy atom. The van der Waals surface area contributed by atoms with Crippen molar-refractivity contribution in [2.24, 2.45) is 0 Å². The third-order valence-corrected chi connectivity index (χ3v) is 10.5. The van der Waals surface area contributed by atoms with E-state index in [0.29, 0.717) is 18.0 Å². The van der Waals surface area contributed by atoms with E-state index in [0.717, 1.165) is 14.2 Å². The number of benzene rings is 4. The molecule has 0 aliphatic carbocycles. The zero-order chi connectivity index (χ0) is 28.9. The number of sulfonamides is 2. The lowest BCUT2D eigenvalue weighted by Crippen LogP contribution is -2.60. The van der Waals surface area contributed by atoms with E-state index < -0.39 is 32.0 Å². The molecule has 4 aromatic rings. The van der Waals surface area contributed by atoms with E-state index in [-0.39, 0.29) is 29.4 Å². The fourth-order valence-corrected chi connectivity index (χ4v) is 7.58. The maximum absolute atomic E-state index is 13.6. The van der Waals surface area contributed by atoms with Gasteiger partial charge in [-0.15, -0.1) is 0 Å². The predicted octanol–water partition coefficient (Wildman–Crippen LogP) is 3.97. The molecule has 9 nitrogen and oxygen atoms in total. The molecule has 1 saturated heterocycles. The molecule has 0 spiro atoms. The first-order chi connectivity index (χ1) is 19.7. The Kier molecular flexibility index (Phi) is 8.50. The van der Waals surface area contributed by atoms with Gasteiger partial charge in [-0.1, -0.05) is 66.7 Å². The first-order valence-corrected chi connectivity index (χ1v) is 15.8. The van der Waals surface area contributed by atoms with Gasteiger partial charge < -0.3 is 10.1 Å². The third-order valence-electron chi connectivity index (χ3n) is 6.70. The molecule has 1 heterocycles. The number of carbonyl (C=O) groups is 1. The van der Waals surface area contributed by atoms with Crippen molar-refractivity contribution in [1.82, 2.24) is 8.61 Å². The van der Waals surface area contributed by atoms with Crippen LogP contribution in [0.15, 0.2) is 125 Å². The molecule has 1 fully saturated rings. The quantitative estimate of drug-likeness (QED) is 0.315. The number of anilines is 1. The number of piperazine rings is 1. The summed E-state index contributed by atoms with van der Waals surface area (Å²) < 4.78 is 61.9. The van der Waals surface area contributed by atoms with Crippen LogP contribution >= 0.6 is 0 Å². The van der Waals surface area contributed by atoms with Crippen LogP contribution in [0.3, 0.4) is 0 Å². The van der Waals surface area contributed by atoms with Crippen molar-refractivity contribution in [1.29, 1.82) is 0 Å². The van der Waals surface area contributed by atoms with Gasteiger partial charge in [0.1, 0.15) is 18.4 Å². The standard InChI is InChI=1S/C30H29N3O6S2/c34-30(31-25-16-18-26(19-17-25)39-23-24-10-4-1-5-11-24)29-22-32(40(35,36)27-12-6-2-7-13-27)20-21-33(29)41(37,38)28-14-8-3-9-15-28/h1-19,29H,20-23H2,(H,31,34)/t29-/m0/s1. The van der Waals surface area contributed by atoms with Crippen LogP contribution < -0.4 is 10.1 Å². The number of hydrogen-bond donors (Lipinski definition) is 1. The lowest BCUT2D eigenvalue weighted by molar-refractivity contribution is -0.120. The van der Waals surface area contributed by atoms with Gasteiger partial charge in [-0.2, -0.15) is 8.61 Å². The van der Waals surface area contributed by atoms with Crippen LogP contribution in [0.4, 0.5) is 5.69 Å². The largest absolute Gasteiger partial charge is 0.489 e. The predicted molar refractivity (Wildman–Crippen MR) is 155 cm³/mol. The first kappa shape index (κ1) is 28.5. The fraction of sp³-hybridized carbons (Fsp3) is 0.167. The maximum Gasteiger partial charge on any atom is 0.244 e. The van der Waals surface area contributed by atoms with Gasteiger partial charge >= 0.3 is 0 Å². The molecule has 11 heteroatoms. The summed E-state index contributed by atoms with van der Waals surface area (Å²) in [6, 6.07) is 30.7. The van der Waals surface area contributed by atoms with Crippen molar-refractivity contribution < 1.29 is 26.4 Å². The minimum atomic E-state index is -4.09. The zero-order valence-electron chi connectivity index (χ0n) is 22.0. The highest BCUT2D eigenvalue weighted by Crippen LogP contribution is 2.26. The van der Waals surface area contributed by atoms with Gasteiger partial charge in [0.05, 0.1) is 9.79 Å². The van der Waals surface area contributed by atoms with Crippen molar-refractivity contribution in [2.75, 3.05) is 25.0 Å². The smallest absolute Gasteiger partial charge is 0.244 e. The van der Waals surface area contributed by atoms with Gasteiger partial charge in [-0.25, -0.2) is 16.8 Å². The molecule has 41 heavy (non-hydrogen) atoms. The number of amides is 1. The molecule has 0 unspecified atom stereocenters. The summed E-state index contributed by atoms with van der Waals surface area (Å²) >= 11 is 0. The molecule has 0 aromatic heterocycles. The van der Waals surface area contributed by atoms with Crippen molar-refractivity contribution >= 4 is 31.6 Å². The maximum atomic E-state index is 13.6. The van der Waals surface area contributed by atoms with Crippen LogP contribution in [0.5, 0.6) is 5.75 Å². The molecule has 4 aromatic carbocycles. The summed E-state index contributed by atoms with van der Waals surface area (Å²) in [7, 11) is -8.05. The Hall–Kier alpha value is -4.03. The number of carbonyl (C=O) groups excluding carboxylic acids is 1. The Bertz CT molecular complexity index is 1680. The molecule has 0 saturated carbocycles. The normalized spacial score (nSPS) is 16.6. The SMILES string of the molecule is O=C(Nc1ccc(OCc2ccccc2)cc1)[C@@H]1CN(S(=O)(=O)c2ccccc2)CCN1S(=O)(=O)c1ccccc1. The molecule has 1 N–H and O–H groups in total. The number of nitrogens with one attached hydrogen (secondary N) is 1. The van der Waals surface area contributed by atoms with Gasteiger partial charge in [-0.3, -0.25) is 4.79 Å². The summed E-state index contributed by atoms with van der Waals surface area (Å²) in [5, 5.41) is 2.76. The second-order valence-corrected chi connectivity index (χ2v) is 13.2. The molecule has 0 radical (unpaired) electrons. The summed E-state index contributed by atoms with van der Waals surface area (Å²) in [5.74, 6) is -0.0478. The number of hydrogen-bond acceptors (Lipinski definition) is 6. The van der Waals surface area contributed by atoms with E-state index in [2.05, 4.69) is 5.32 Å². The summed E-state index contributed by atoms with van der Waals surface area (Å²) in [6.07, 6.45) is 0. The van der Waals surface area contributed by atoms with E-state index in [1.165, 1.54) is 24.3 Å². The van der Waals surface area contributed by atoms with Crippen molar-refractivity contribution in [3.8, 4) is 5.75 Å². The molecule has 1 aliphatic rings. The van der Waals surface area contributed by atoms with Crippen LogP contribution in [-0.2, 0) is 31.4 Å². The van der Waals surface area contributed by atoms with E-state index in [4.69, 9.17) is 4.74 Å². The van der Waals surface area contributed by atoms with Crippen LogP contribution in [0.2, 0.25) is 0 Å². The van der Waals surface area contributed by atoms with Crippen molar-refractivity contribution in [3.05, 3.63) is 121 Å². The highest BCUT2D eigenvalue weighted by atomic mass is 32.2. The number of ether oxygens (including phenoxy) is 1. The summed E-state index contributed by atoms with van der Waals surface area (Å²) in [4.78, 5) is 13.7. The third kappa shape index (κ3) is 6.49. The van der Waals surface area contributed by atoms with Gasteiger partial charge in [0, 0.05) is 25.3 Å². The summed E-state index contributed by atoms with van der Waals surface area (Å²) in [5.41, 5.74) is 1.43. The molecule has 0 bridgehead atoms. The Morgan fingerprint density at radius 3 is 1.83 bits per heavy atom. The van der Waals surface area contributed by atoms with E-state index >= 15 is 0 Å². The minimum absolute atomic E-state index is 0.0251. The summed E-state index contributed by atoms with van der Waals surface area (Å²) in [6.45, 7) is -0.242. The number of nitrogens with zero attached hydrogens (tertiary/aromatic N) is 2. The monoisotopic (exact) mass is 591 g/mol. The average molecular weight is 592 g/mol. The van der Waals surface area contributed by atoms with E-state index in [1.807, 2.05) is 30.3 Å². The van der Waals surface area contributed by atoms with Gasteiger partial charge in [0.2, 0.25) is 26.0 Å². The van der Waals surface area contributed by atoms with E-state index in [1.54, 1.807) is 60.7 Å². The van der Waals surface area contributed by atoms with Gasteiger partial charge in [0.15, 0.2) is 0 Å². The lowest BCUT2D eigenvalue weighted by atomic mass is 10.2. The molecule has 1 atom stereocenters. The first-order valence-electron chi connectivity index (χ1n) is 12.9. The molecule has 1 amide bonds. The second kappa shape index (κ2) is 12.2. The molecule has 1 aliphatic heterocycles. The molecular formula is C30H29N3O6S2. The highest BCUT2D eigenvalue weighted by molar-refractivity contribution is 7.89. The Balaban J connectivity index is 1.37. The fourth-order valence-electron chi connectivity index (χ4n) is 4.53. The van der Waals surface area contributed by atoms with Gasteiger partial charge in [-0.05, 0) is 54.1 Å². The van der Waals surface area contributed by atoms with E-state index in [9.17, 15) is 21.6 Å². The van der Waals surface area contributed by atoms with Crippen LogP contribution in [0.1, 0.15) is 5.56 Å². The Morgan fingerprint density at radius 2 is 1.24 bits per heavy atom.